The van der Waals surface area contributed by atoms with Crippen LogP contribution in [0.15, 0.2) is 158 Å². The summed E-state index contributed by atoms with van der Waals surface area (Å²) in [5.74, 6) is 1.97. The van der Waals surface area contributed by atoms with Gasteiger partial charge in [0.1, 0.15) is 0 Å². The molecule has 0 saturated carbocycles. The van der Waals surface area contributed by atoms with Gasteiger partial charge < -0.3 is 9.13 Å². The van der Waals surface area contributed by atoms with Crippen LogP contribution in [0.4, 0.5) is 0 Å². The summed E-state index contributed by atoms with van der Waals surface area (Å²) in [5, 5.41) is 5.26. The summed E-state index contributed by atoms with van der Waals surface area (Å²) in [6.07, 6.45) is 1.99. The summed E-state index contributed by atoms with van der Waals surface area (Å²) in [6.45, 7) is 2.17. The van der Waals surface area contributed by atoms with Crippen LogP contribution in [0.2, 0.25) is 0 Å². The molecule has 3 aromatic heterocycles. The average molecular weight is 680 g/mol. The van der Waals surface area contributed by atoms with Crippen LogP contribution in [0.1, 0.15) is 16.7 Å². The molecule has 5 nitrogen and oxygen atoms in total. The highest BCUT2D eigenvalue weighted by Crippen LogP contribution is 2.46. The summed E-state index contributed by atoms with van der Waals surface area (Å²) in [5.41, 5.74) is 14.1. The van der Waals surface area contributed by atoms with E-state index in [-0.39, 0.29) is 0 Å². The molecule has 1 aliphatic rings. The van der Waals surface area contributed by atoms with Crippen molar-refractivity contribution in [2.75, 3.05) is 0 Å². The fourth-order valence-corrected chi connectivity index (χ4v) is 8.63. The van der Waals surface area contributed by atoms with E-state index in [1.54, 1.807) is 0 Å². The Morgan fingerprint density at radius 2 is 1.06 bits per heavy atom. The largest absolute Gasteiger partial charge is 0.309 e. The molecule has 0 spiro atoms. The number of fused-ring (bicyclic) bond motifs is 4. The van der Waals surface area contributed by atoms with Crippen LogP contribution in [0.3, 0.4) is 0 Å². The Labute approximate surface area is 306 Å². The smallest absolute Gasteiger partial charge is 0.164 e. The third-order valence-corrected chi connectivity index (χ3v) is 10.8. The quantitative estimate of drug-likeness (QED) is 0.182. The Morgan fingerprint density at radius 3 is 1.77 bits per heavy atom. The van der Waals surface area contributed by atoms with Crippen molar-refractivity contribution in [3.63, 3.8) is 0 Å². The molecule has 0 saturated heterocycles. The van der Waals surface area contributed by atoms with Gasteiger partial charge in [0.05, 0.1) is 22.1 Å². The van der Waals surface area contributed by atoms with Crippen LogP contribution in [0.5, 0.6) is 0 Å². The molecule has 10 aromatic rings. The van der Waals surface area contributed by atoms with Crippen molar-refractivity contribution >= 4 is 43.6 Å². The van der Waals surface area contributed by atoms with Gasteiger partial charge in [-0.25, -0.2) is 15.0 Å². The lowest BCUT2D eigenvalue weighted by Gasteiger charge is -2.17. The minimum Gasteiger partial charge on any atom is -0.309 e. The first kappa shape index (κ1) is 29.8. The van der Waals surface area contributed by atoms with E-state index in [9.17, 15) is 0 Å². The molecular formula is C48H33N5. The first-order valence-corrected chi connectivity index (χ1v) is 18.3. The van der Waals surface area contributed by atoms with E-state index >= 15 is 0 Å². The van der Waals surface area contributed by atoms with Crippen molar-refractivity contribution in [3.8, 4) is 45.5 Å². The molecule has 0 unspecified atom stereocenters. The number of nitrogens with zero attached hydrogens (tertiary/aromatic N) is 5. The zero-order valence-electron chi connectivity index (χ0n) is 29.2. The summed E-state index contributed by atoms with van der Waals surface area (Å²) in [6, 6.07) is 56.0. The average Bonchev–Trinajstić information content (AvgIpc) is 3.74. The minimum absolute atomic E-state index is 0.655. The second-order valence-corrected chi connectivity index (χ2v) is 14.1. The fraction of sp³-hybridized carbons (Fsp3) is 0.0625. The molecule has 5 heteroatoms. The van der Waals surface area contributed by atoms with E-state index in [1.807, 2.05) is 36.4 Å². The Morgan fingerprint density at radius 1 is 0.434 bits per heavy atom. The Hall–Kier alpha value is -6.85. The fourth-order valence-electron chi connectivity index (χ4n) is 8.63. The highest BCUT2D eigenvalue weighted by Gasteiger charge is 2.27. The summed E-state index contributed by atoms with van der Waals surface area (Å²) in [4.78, 5) is 15.1. The van der Waals surface area contributed by atoms with Gasteiger partial charge in [-0.3, -0.25) is 0 Å². The van der Waals surface area contributed by atoms with Gasteiger partial charge in [0.2, 0.25) is 0 Å². The number of aryl methyl sites for hydroxylation is 3. The second kappa shape index (κ2) is 11.6. The zero-order chi connectivity index (χ0) is 35.0. The van der Waals surface area contributed by atoms with Gasteiger partial charge in [-0.1, -0.05) is 109 Å². The van der Waals surface area contributed by atoms with E-state index in [4.69, 9.17) is 15.0 Å². The van der Waals surface area contributed by atoms with Crippen LogP contribution in [-0.4, -0.2) is 24.1 Å². The standard InChI is InChI=1S/C48H33N5/c1-30-26-34(48-50-46(32-14-5-2-6-15-32)49-47(51-48)33-16-7-3-8-17-33)28-36(27-30)52-41-23-13-18-31-24-25-38-44(43(31)41)42(52)29-39-37-21-11-12-22-40(37)53(45(38)39)35-19-9-4-10-20-35/h2-23,26-29H,24-25H2,1H3. The lowest BCUT2D eigenvalue weighted by molar-refractivity contribution is 0.969. The van der Waals surface area contributed by atoms with E-state index < -0.39 is 0 Å². The van der Waals surface area contributed by atoms with Gasteiger partial charge in [0, 0.05) is 49.6 Å². The van der Waals surface area contributed by atoms with Crippen molar-refractivity contribution in [3.05, 3.63) is 174 Å². The zero-order valence-corrected chi connectivity index (χ0v) is 29.2. The van der Waals surface area contributed by atoms with Gasteiger partial charge in [-0.2, -0.15) is 0 Å². The maximum atomic E-state index is 5.10. The number of para-hydroxylation sites is 2. The SMILES string of the molecule is Cc1cc(-c2nc(-c3ccccc3)nc(-c3ccccc3)n2)cc(-n2c3cccc4c3c3c(c5c(cc32)c2ccccc2n5-c2ccccc2)CC4)c1. The first-order chi connectivity index (χ1) is 26.2. The van der Waals surface area contributed by atoms with Crippen LogP contribution >= 0.6 is 0 Å². The molecule has 11 rings (SSSR count). The molecule has 7 aromatic carbocycles. The Balaban J connectivity index is 1.20. The predicted molar refractivity (Wildman–Crippen MR) is 217 cm³/mol. The number of hydrogen-bond acceptors (Lipinski definition) is 3. The van der Waals surface area contributed by atoms with E-state index in [0.29, 0.717) is 17.5 Å². The maximum absolute atomic E-state index is 5.10. The molecule has 250 valence electrons. The third-order valence-electron chi connectivity index (χ3n) is 10.8. The van der Waals surface area contributed by atoms with Crippen molar-refractivity contribution in [2.24, 2.45) is 0 Å². The van der Waals surface area contributed by atoms with Crippen LogP contribution in [0.25, 0.3) is 89.2 Å². The van der Waals surface area contributed by atoms with E-state index in [2.05, 4.69) is 137 Å². The molecule has 0 bridgehead atoms. The number of aromatic nitrogens is 5. The predicted octanol–water partition coefficient (Wildman–Crippen LogP) is 11.5. The molecule has 0 aliphatic heterocycles. The normalized spacial score (nSPS) is 12.5. The maximum Gasteiger partial charge on any atom is 0.164 e. The molecular weight excluding hydrogens is 647 g/mol. The van der Waals surface area contributed by atoms with Crippen molar-refractivity contribution < 1.29 is 0 Å². The third kappa shape index (κ3) is 4.60. The van der Waals surface area contributed by atoms with Crippen molar-refractivity contribution in [1.82, 2.24) is 24.1 Å². The number of hydrogen-bond donors (Lipinski definition) is 0. The number of benzene rings is 7. The minimum atomic E-state index is 0.655. The molecule has 53 heavy (non-hydrogen) atoms. The van der Waals surface area contributed by atoms with Gasteiger partial charge in [-0.05, 0) is 85.0 Å². The van der Waals surface area contributed by atoms with Gasteiger partial charge >= 0.3 is 0 Å². The lowest BCUT2D eigenvalue weighted by atomic mass is 9.89. The second-order valence-electron chi connectivity index (χ2n) is 14.1. The van der Waals surface area contributed by atoms with E-state index in [0.717, 1.165) is 40.8 Å². The van der Waals surface area contributed by atoms with Gasteiger partial charge in [0.15, 0.2) is 17.5 Å². The van der Waals surface area contributed by atoms with E-state index in [1.165, 1.54) is 60.4 Å². The molecule has 0 radical (unpaired) electrons. The Kier molecular flexibility index (Phi) is 6.52. The molecule has 0 amide bonds. The van der Waals surface area contributed by atoms with Gasteiger partial charge in [0.25, 0.3) is 0 Å². The first-order valence-electron chi connectivity index (χ1n) is 18.3. The van der Waals surface area contributed by atoms with Crippen LogP contribution in [-0.2, 0) is 12.8 Å². The van der Waals surface area contributed by atoms with Crippen LogP contribution in [0, 0.1) is 6.92 Å². The Bertz CT molecular complexity index is 2990. The van der Waals surface area contributed by atoms with Crippen molar-refractivity contribution in [1.29, 1.82) is 0 Å². The monoisotopic (exact) mass is 679 g/mol. The summed E-state index contributed by atoms with van der Waals surface area (Å²) >= 11 is 0. The molecule has 0 fully saturated rings. The van der Waals surface area contributed by atoms with Crippen molar-refractivity contribution in [2.45, 2.75) is 19.8 Å². The van der Waals surface area contributed by atoms with Crippen LogP contribution < -0.4 is 0 Å². The molecule has 0 atom stereocenters. The number of rotatable bonds is 5. The summed E-state index contributed by atoms with van der Waals surface area (Å²) < 4.78 is 4.96. The molecule has 0 N–H and O–H groups in total. The lowest BCUT2D eigenvalue weighted by Crippen LogP contribution is -2.03. The topological polar surface area (TPSA) is 48.5 Å². The molecule has 1 aliphatic carbocycles. The summed E-state index contributed by atoms with van der Waals surface area (Å²) in [7, 11) is 0. The molecule has 3 heterocycles. The van der Waals surface area contributed by atoms with Gasteiger partial charge in [-0.15, -0.1) is 0 Å². The highest BCUT2D eigenvalue weighted by atomic mass is 15.0. The highest BCUT2D eigenvalue weighted by molar-refractivity contribution is 6.22.